The van der Waals surface area contributed by atoms with Crippen molar-refractivity contribution in [1.82, 2.24) is 10.2 Å². The average Bonchev–Trinajstić information content (AvgIpc) is 2.58. The molecule has 1 heterocycles. The Bertz CT molecular complexity index is 295. The molecule has 1 saturated heterocycles. The maximum atomic E-state index is 4.19. The highest BCUT2D eigenvalue weighted by molar-refractivity contribution is 4.95. The summed E-state index contributed by atoms with van der Waals surface area (Å²) in [7, 11) is 0. The van der Waals surface area contributed by atoms with E-state index in [0.717, 1.165) is 5.92 Å². The van der Waals surface area contributed by atoms with Crippen LogP contribution in [0.1, 0.15) is 90.4 Å². The molecule has 128 valence electrons. The van der Waals surface area contributed by atoms with Crippen molar-refractivity contribution in [2.45, 2.75) is 96.4 Å². The Kier molecular flexibility index (Phi) is 8.18. The molecule has 0 aromatic heterocycles. The highest BCUT2D eigenvalue weighted by Crippen LogP contribution is 2.22. The average molecular weight is 307 g/mol. The van der Waals surface area contributed by atoms with Gasteiger partial charge in [-0.3, -0.25) is 0 Å². The Morgan fingerprint density at radius 1 is 0.773 bits per heavy atom. The molecule has 22 heavy (non-hydrogen) atoms. The van der Waals surface area contributed by atoms with Gasteiger partial charge in [0.25, 0.3) is 0 Å². The number of hydrogen-bond acceptors (Lipinski definition) is 2. The molecule has 2 nitrogen and oxygen atoms in total. The van der Waals surface area contributed by atoms with Crippen molar-refractivity contribution >= 4 is 0 Å². The van der Waals surface area contributed by atoms with E-state index in [1.807, 2.05) is 0 Å². The molecule has 2 aliphatic carbocycles. The molecule has 0 radical (unpaired) electrons. The minimum absolute atomic E-state index is 0.702. The molecule has 1 N–H and O–H groups in total. The van der Waals surface area contributed by atoms with Crippen LogP contribution >= 0.6 is 0 Å². The quantitative estimate of drug-likeness (QED) is 0.745. The summed E-state index contributed by atoms with van der Waals surface area (Å²) in [4.78, 5) is 2.43. The molecule has 3 aliphatic rings. The van der Waals surface area contributed by atoms with Crippen LogP contribution in [0.5, 0.6) is 0 Å². The molecular weight excluding hydrogens is 268 g/mol. The first-order valence-corrected chi connectivity index (χ1v) is 9.96. The van der Waals surface area contributed by atoms with Gasteiger partial charge in [-0.15, -0.1) is 0 Å². The number of rotatable bonds is 3. The zero-order valence-corrected chi connectivity index (χ0v) is 14.9. The fourth-order valence-electron chi connectivity index (χ4n) is 4.04. The lowest BCUT2D eigenvalue weighted by molar-refractivity contribution is 0.251. The van der Waals surface area contributed by atoms with E-state index in [9.17, 15) is 0 Å². The van der Waals surface area contributed by atoms with Crippen LogP contribution < -0.4 is 5.32 Å². The van der Waals surface area contributed by atoms with Crippen molar-refractivity contribution in [2.75, 3.05) is 13.1 Å². The van der Waals surface area contributed by atoms with Gasteiger partial charge in [0.15, 0.2) is 0 Å². The number of piperidine rings is 1. The van der Waals surface area contributed by atoms with Gasteiger partial charge in [-0.2, -0.15) is 0 Å². The predicted molar refractivity (Wildman–Crippen MR) is 96.8 cm³/mol. The van der Waals surface area contributed by atoms with Crippen LogP contribution in [-0.2, 0) is 0 Å². The van der Waals surface area contributed by atoms with Crippen molar-refractivity contribution < 1.29 is 0 Å². The fourth-order valence-corrected chi connectivity index (χ4v) is 4.04. The lowest BCUT2D eigenvalue weighted by Gasteiger charge is -2.34. The summed E-state index contributed by atoms with van der Waals surface area (Å²) in [5.41, 5.74) is 0. The summed E-state index contributed by atoms with van der Waals surface area (Å²) in [5.74, 6) is 2.22. The van der Waals surface area contributed by atoms with E-state index in [2.05, 4.69) is 23.7 Å². The molecule has 1 aliphatic heterocycles. The molecule has 0 bridgehead atoms. The summed E-state index contributed by atoms with van der Waals surface area (Å²) in [6.07, 6.45) is 18.4. The topological polar surface area (TPSA) is 15.3 Å². The second-order valence-electron chi connectivity index (χ2n) is 7.72. The third-order valence-electron chi connectivity index (χ3n) is 5.61. The number of hydrogen-bond donors (Lipinski definition) is 1. The first-order valence-electron chi connectivity index (χ1n) is 9.96. The van der Waals surface area contributed by atoms with E-state index in [4.69, 9.17) is 0 Å². The van der Waals surface area contributed by atoms with E-state index in [1.54, 1.807) is 0 Å². The van der Waals surface area contributed by atoms with Crippen LogP contribution in [0.2, 0.25) is 0 Å². The zero-order valence-electron chi connectivity index (χ0n) is 14.9. The molecule has 0 unspecified atom stereocenters. The summed E-state index contributed by atoms with van der Waals surface area (Å²) < 4.78 is 0. The molecule has 3 rings (SSSR count). The van der Waals surface area contributed by atoms with E-state index in [-0.39, 0.29) is 0 Å². The third-order valence-corrected chi connectivity index (χ3v) is 5.61. The second kappa shape index (κ2) is 10.2. The molecule has 0 atom stereocenters. The highest BCUT2D eigenvalue weighted by Gasteiger charge is 2.17. The van der Waals surface area contributed by atoms with Gasteiger partial charge in [-0.1, -0.05) is 64.9 Å². The van der Waals surface area contributed by atoms with Gasteiger partial charge in [0.1, 0.15) is 0 Å². The molecular formula is C20H38N2. The Hall–Kier alpha value is -0.660. The van der Waals surface area contributed by atoms with Gasteiger partial charge in [-0.25, -0.2) is 0 Å². The summed E-state index contributed by atoms with van der Waals surface area (Å²) in [5, 5.41) is 3.62. The summed E-state index contributed by atoms with van der Waals surface area (Å²) in [6, 6.07) is 0.702. The van der Waals surface area contributed by atoms with Crippen molar-refractivity contribution in [1.29, 1.82) is 0 Å². The number of nitrogens with one attached hydrogen (secondary N) is 1. The van der Waals surface area contributed by atoms with Gasteiger partial charge < -0.3 is 10.2 Å². The lowest BCUT2D eigenvalue weighted by atomic mass is 9.91. The van der Waals surface area contributed by atoms with Crippen LogP contribution in [0.4, 0.5) is 0 Å². The summed E-state index contributed by atoms with van der Waals surface area (Å²) in [6.45, 7) is 8.96. The van der Waals surface area contributed by atoms with Crippen molar-refractivity contribution in [3.8, 4) is 0 Å². The van der Waals surface area contributed by atoms with Crippen molar-refractivity contribution in [3.63, 3.8) is 0 Å². The first kappa shape index (κ1) is 17.7. The fraction of sp³-hybridized carbons (Fsp3) is 0.900. The van der Waals surface area contributed by atoms with Gasteiger partial charge in [0, 0.05) is 19.1 Å². The molecule has 2 saturated carbocycles. The second-order valence-corrected chi connectivity index (χ2v) is 7.72. The Morgan fingerprint density at radius 3 is 1.77 bits per heavy atom. The zero-order chi connectivity index (χ0) is 15.6. The smallest absolute Gasteiger partial charge is 0.0940 e. The number of likely N-dealkylation sites (tertiary alicyclic amines) is 1. The molecule has 0 aromatic rings. The van der Waals surface area contributed by atoms with Crippen LogP contribution in [0.25, 0.3) is 0 Å². The normalized spacial score (nSPS) is 24.3. The highest BCUT2D eigenvalue weighted by atomic mass is 15.2. The third kappa shape index (κ3) is 6.62. The van der Waals surface area contributed by atoms with Crippen LogP contribution in [0, 0.1) is 5.92 Å². The van der Waals surface area contributed by atoms with Gasteiger partial charge in [0.2, 0.25) is 0 Å². The van der Waals surface area contributed by atoms with Gasteiger partial charge >= 0.3 is 0 Å². The number of nitrogens with zero attached hydrogens (tertiary/aromatic N) is 1. The minimum atomic E-state index is 0.702. The summed E-state index contributed by atoms with van der Waals surface area (Å²) >= 11 is 0. The Balaban J connectivity index is 0.000000211. The Labute approximate surface area is 138 Å². The molecule has 0 amide bonds. The molecule has 3 fully saturated rings. The van der Waals surface area contributed by atoms with E-state index >= 15 is 0 Å². The SMILES string of the molecule is C=C(NC1CCCCC1)N1CCCCC1.CC1CCCCC1. The lowest BCUT2D eigenvalue weighted by Crippen LogP contribution is -2.40. The van der Waals surface area contributed by atoms with E-state index in [0.29, 0.717) is 6.04 Å². The molecule has 0 aromatic carbocycles. The monoisotopic (exact) mass is 306 g/mol. The van der Waals surface area contributed by atoms with Crippen LogP contribution in [-0.4, -0.2) is 24.0 Å². The maximum absolute atomic E-state index is 4.19. The van der Waals surface area contributed by atoms with Crippen molar-refractivity contribution in [3.05, 3.63) is 12.4 Å². The maximum Gasteiger partial charge on any atom is 0.0940 e. The Morgan fingerprint density at radius 2 is 1.27 bits per heavy atom. The van der Waals surface area contributed by atoms with E-state index in [1.165, 1.54) is 102 Å². The van der Waals surface area contributed by atoms with E-state index < -0.39 is 0 Å². The minimum Gasteiger partial charge on any atom is -0.370 e. The standard InChI is InChI=1S/C13H24N2.C7H14/c1-12(15-10-6-3-7-11-15)14-13-8-4-2-5-9-13;1-7-5-3-2-4-6-7/h13-14H,1-11H2;7H,2-6H2,1H3. The molecule has 2 heteroatoms. The molecule has 0 spiro atoms. The van der Waals surface area contributed by atoms with Gasteiger partial charge in [-0.05, 0) is 38.0 Å². The first-order chi connectivity index (χ1) is 10.8. The largest absolute Gasteiger partial charge is 0.370 e. The predicted octanol–water partition coefficient (Wildman–Crippen LogP) is 5.45. The van der Waals surface area contributed by atoms with Gasteiger partial charge in [0.05, 0.1) is 5.82 Å². The van der Waals surface area contributed by atoms with Crippen LogP contribution in [0.3, 0.4) is 0 Å². The van der Waals surface area contributed by atoms with Crippen molar-refractivity contribution in [2.24, 2.45) is 5.92 Å². The van der Waals surface area contributed by atoms with Crippen LogP contribution in [0.15, 0.2) is 12.4 Å².